The highest BCUT2D eigenvalue weighted by Crippen LogP contribution is 2.45. The lowest BCUT2D eigenvalue weighted by Crippen LogP contribution is -2.44. The van der Waals surface area contributed by atoms with Crippen LogP contribution in [0.15, 0.2) is 72.8 Å². The molecule has 43 heavy (non-hydrogen) atoms. The third-order valence-corrected chi connectivity index (χ3v) is 8.94. The molecule has 0 radical (unpaired) electrons. The first kappa shape index (κ1) is 28.5. The third-order valence-electron chi connectivity index (χ3n) is 8.94. The molecule has 0 aliphatic carbocycles. The zero-order chi connectivity index (χ0) is 30.1. The number of fused-ring (bicyclic) bond motifs is 4. The second-order valence-corrected chi connectivity index (χ2v) is 11.5. The third kappa shape index (κ3) is 5.05. The number of methoxy groups -OCH3 is 1. The molecule has 0 spiro atoms. The van der Waals surface area contributed by atoms with Gasteiger partial charge in [-0.05, 0) is 53.8 Å². The molecule has 6 rings (SSSR count). The molecule has 3 atom stereocenters. The van der Waals surface area contributed by atoms with Gasteiger partial charge in [0, 0.05) is 29.6 Å². The van der Waals surface area contributed by atoms with Gasteiger partial charge in [0.15, 0.2) is 0 Å². The summed E-state index contributed by atoms with van der Waals surface area (Å²) < 4.78 is 5.52. The van der Waals surface area contributed by atoms with Crippen LogP contribution in [0, 0.1) is 5.92 Å². The monoisotopic (exact) mass is 578 g/mol. The maximum Gasteiger partial charge on any atom is 0.332 e. The maximum atomic E-state index is 14.4. The zero-order valence-corrected chi connectivity index (χ0v) is 24.9. The number of imide groups is 1. The second kappa shape index (κ2) is 12.0. The number of benzene rings is 3. The van der Waals surface area contributed by atoms with Gasteiger partial charge in [-0.3, -0.25) is 14.5 Å². The fourth-order valence-electron chi connectivity index (χ4n) is 6.59. The number of nitrogens with one attached hydrogen (secondary N) is 2. The fourth-order valence-corrected chi connectivity index (χ4v) is 6.59. The van der Waals surface area contributed by atoms with E-state index in [1.165, 1.54) is 4.90 Å². The minimum Gasteiger partial charge on any atom is -0.497 e. The lowest BCUT2D eigenvalue weighted by atomic mass is 9.89. The van der Waals surface area contributed by atoms with E-state index >= 15 is 0 Å². The van der Waals surface area contributed by atoms with Crippen LogP contribution in [0.2, 0.25) is 0 Å². The van der Waals surface area contributed by atoms with Gasteiger partial charge < -0.3 is 15.0 Å². The average molecular weight is 579 g/mol. The van der Waals surface area contributed by atoms with E-state index < -0.39 is 18.1 Å². The van der Waals surface area contributed by atoms with Crippen molar-refractivity contribution in [2.24, 2.45) is 5.92 Å². The zero-order valence-electron chi connectivity index (χ0n) is 24.9. The van der Waals surface area contributed by atoms with Gasteiger partial charge in [-0.2, -0.15) is 0 Å². The summed E-state index contributed by atoms with van der Waals surface area (Å²) in [5.41, 5.74) is 4.34. The van der Waals surface area contributed by atoms with Gasteiger partial charge in [0.1, 0.15) is 17.8 Å². The molecular weight excluding hydrogens is 540 g/mol. The molecular formula is C35H38N4O4. The molecule has 1 aromatic heterocycles. The molecule has 2 N–H and O–H groups in total. The molecule has 4 amide bonds. The highest BCUT2D eigenvalue weighted by atomic mass is 16.5. The molecule has 222 valence electrons. The Morgan fingerprint density at radius 1 is 1.05 bits per heavy atom. The molecule has 8 nitrogen and oxygen atoms in total. The Hall–Kier alpha value is -4.59. The number of para-hydroxylation sites is 2. The van der Waals surface area contributed by atoms with E-state index in [4.69, 9.17) is 4.74 Å². The van der Waals surface area contributed by atoms with Crippen molar-refractivity contribution in [3.8, 4) is 5.75 Å². The summed E-state index contributed by atoms with van der Waals surface area (Å²) in [7, 11) is 1.61. The van der Waals surface area contributed by atoms with Crippen LogP contribution in [0.3, 0.4) is 0 Å². The van der Waals surface area contributed by atoms with E-state index in [2.05, 4.69) is 24.1 Å². The number of rotatable bonds is 10. The van der Waals surface area contributed by atoms with Crippen LogP contribution in [0.4, 0.5) is 10.5 Å². The molecule has 8 heteroatoms. The van der Waals surface area contributed by atoms with Crippen molar-refractivity contribution in [1.29, 1.82) is 0 Å². The number of H-pyrrole nitrogens is 1. The van der Waals surface area contributed by atoms with Crippen LogP contribution in [-0.2, 0) is 11.2 Å². The van der Waals surface area contributed by atoms with Crippen molar-refractivity contribution in [2.75, 3.05) is 18.6 Å². The summed E-state index contributed by atoms with van der Waals surface area (Å²) in [5, 5.41) is 4.11. The topological polar surface area (TPSA) is 94.7 Å². The predicted octanol–water partition coefficient (Wildman–Crippen LogP) is 6.61. The van der Waals surface area contributed by atoms with Crippen molar-refractivity contribution >= 4 is 34.4 Å². The van der Waals surface area contributed by atoms with Gasteiger partial charge in [-0.15, -0.1) is 0 Å². The quantitative estimate of drug-likeness (QED) is 0.207. The molecule has 1 saturated heterocycles. The minimum absolute atomic E-state index is 0.281. The SMILES string of the molecule is CCCCC(CC)CNC(=O)c1ccccc1N1C(=O)C2Cc3c([nH]c4ccccc34)C(c3cccc(OC)c3)N2C1=O. The fraction of sp³-hybridized carbons (Fsp3) is 0.343. The molecule has 4 aromatic rings. The highest BCUT2D eigenvalue weighted by Gasteiger charge is 2.53. The standard InChI is InChI=1S/C35H38N4O4/c1-4-6-12-22(5-2)21-36-33(40)26-16-8-10-18-29(26)39-34(41)30-20-27-25-15-7-9-17-28(25)37-31(27)32(38(30)35(39)42)23-13-11-14-24(19-23)43-3/h7-11,13-19,22,30,32,37H,4-6,12,20-21H2,1-3H3,(H,36,40). The normalized spacial score (nSPS) is 18.5. The molecule has 3 unspecified atom stereocenters. The Bertz CT molecular complexity index is 1680. The summed E-state index contributed by atoms with van der Waals surface area (Å²) in [4.78, 5) is 48.5. The summed E-state index contributed by atoms with van der Waals surface area (Å²) in [6, 6.07) is 20.8. The number of unbranched alkanes of at least 4 members (excludes halogenated alkanes) is 1. The number of hydrogen-bond donors (Lipinski definition) is 2. The predicted molar refractivity (Wildman–Crippen MR) is 167 cm³/mol. The highest BCUT2D eigenvalue weighted by molar-refractivity contribution is 6.24. The van der Waals surface area contributed by atoms with Crippen molar-refractivity contribution < 1.29 is 19.1 Å². The lowest BCUT2D eigenvalue weighted by molar-refractivity contribution is -0.120. The first-order valence-electron chi connectivity index (χ1n) is 15.2. The minimum atomic E-state index is -0.718. The van der Waals surface area contributed by atoms with Gasteiger partial charge in [-0.1, -0.05) is 75.6 Å². The van der Waals surface area contributed by atoms with Gasteiger partial charge in [-0.25, -0.2) is 9.69 Å². The van der Waals surface area contributed by atoms with Gasteiger partial charge in [0.25, 0.3) is 11.8 Å². The van der Waals surface area contributed by atoms with E-state index in [1.54, 1.807) is 36.3 Å². The Kier molecular flexibility index (Phi) is 7.93. The van der Waals surface area contributed by atoms with Crippen molar-refractivity contribution in [1.82, 2.24) is 15.2 Å². The number of aromatic amines is 1. The average Bonchev–Trinajstić information content (AvgIpc) is 3.53. The van der Waals surface area contributed by atoms with Crippen LogP contribution in [0.5, 0.6) is 5.75 Å². The van der Waals surface area contributed by atoms with E-state index in [-0.39, 0.29) is 11.8 Å². The van der Waals surface area contributed by atoms with Crippen LogP contribution in [-0.4, -0.2) is 47.4 Å². The summed E-state index contributed by atoms with van der Waals surface area (Å²) >= 11 is 0. The number of hydrogen-bond acceptors (Lipinski definition) is 4. The molecule has 2 aliphatic heterocycles. The van der Waals surface area contributed by atoms with Crippen molar-refractivity contribution in [3.05, 3.63) is 95.2 Å². The summed E-state index contributed by atoms with van der Waals surface area (Å²) in [6.07, 6.45) is 4.63. The first-order chi connectivity index (χ1) is 21.0. The van der Waals surface area contributed by atoms with Gasteiger partial charge >= 0.3 is 6.03 Å². The van der Waals surface area contributed by atoms with Crippen molar-refractivity contribution in [3.63, 3.8) is 0 Å². The molecule has 0 saturated carbocycles. The molecule has 1 fully saturated rings. The number of ether oxygens (including phenoxy) is 1. The van der Waals surface area contributed by atoms with E-state index in [1.807, 2.05) is 48.5 Å². The van der Waals surface area contributed by atoms with Gasteiger partial charge in [0.05, 0.1) is 18.4 Å². The van der Waals surface area contributed by atoms with E-state index in [0.717, 1.165) is 53.4 Å². The number of carbonyl (C=O) groups is 3. The first-order valence-corrected chi connectivity index (χ1v) is 15.2. The number of carbonyl (C=O) groups excluding carboxylic acids is 3. The Morgan fingerprint density at radius 2 is 1.84 bits per heavy atom. The molecule has 0 bridgehead atoms. The van der Waals surface area contributed by atoms with E-state index in [0.29, 0.717) is 35.9 Å². The van der Waals surface area contributed by atoms with Crippen LogP contribution < -0.4 is 15.0 Å². The number of amides is 4. The largest absolute Gasteiger partial charge is 0.497 e. The Balaban J connectivity index is 1.38. The Labute approximate surface area is 252 Å². The maximum absolute atomic E-state index is 14.4. The smallest absolute Gasteiger partial charge is 0.332 e. The summed E-state index contributed by atoms with van der Waals surface area (Å²) in [5.74, 6) is 0.436. The van der Waals surface area contributed by atoms with Crippen LogP contribution in [0.25, 0.3) is 10.9 Å². The molecule has 2 aliphatic rings. The number of urea groups is 1. The molecule has 3 heterocycles. The summed E-state index contributed by atoms with van der Waals surface area (Å²) in [6.45, 7) is 4.85. The number of anilines is 1. The number of aromatic nitrogens is 1. The Morgan fingerprint density at radius 3 is 2.63 bits per heavy atom. The van der Waals surface area contributed by atoms with Crippen molar-refractivity contribution in [2.45, 2.75) is 58.0 Å². The second-order valence-electron chi connectivity index (χ2n) is 11.5. The van der Waals surface area contributed by atoms with Crippen LogP contribution >= 0.6 is 0 Å². The number of nitrogens with zero attached hydrogens (tertiary/aromatic N) is 2. The molecule has 3 aromatic carbocycles. The lowest BCUT2D eigenvalue weighted by Gasteiger charge is -2.36. The van der Waals surface area contributed by atoms with E-state index in [9.17, 15) is 14.4 Å². The van der Waals surface area contributed by atoms with Crippen LogP contribution in [0.1, 0.15) is 72.8 Å². The van der Waals surface area contributed by atoms with Gasteiger partial charge in [0.2, 0.25) is 0 Å².